The van der Waals surface area contributed by atoms with Crippen molar-refractivity contribution in [3.63, 3.8) is 0 Å². The third-order valence-electron chi connectivity index (χ3n) is 6.22. The number of aromatic nitrogens is 3. The molecule has 2 aromatic carbocycles. The molecule has 0 saturated carbocycles. The molecule has 0 aliphatic heterocycles. The molecular formula is C33H31N3O3. The van der Waals surface area contributed by atoms with E-state index in [9.17, 15) is 4.79 Å². The monoisotopic (exact) mass is 517 g/mol. The molecule has 0 radical (unpaired) electrons. The van der Waals surface area contributed by atoms with Crippen molar-refractivity contribution in [2.45, 2.75) is 26.9 Å². The van der Waals surface area contributed by atoms with E-state index in [0.717, 1.165) is 68.5 Å². The van der Waals surface area contributed by atoms with Crippen molar-refractivity contribution < 1.29 is 14.6 Å². The summed E-state index contributed by atoms with van der Waals surface area (Å²) < 4.78 is 6.08. The van der Waals surface area contributed by atoms with Gasteiger partial charge in [-0.15, -0.1) is 0 Å². The fourth-order valence-electron chi connectivity index (χ4n) is 4.22. The molecule has 2 aromatic heterocycles. The molecular weight excluding hydrogens is 486 g/mol. The van der Waals surface area contributed by atoms with Gasteiger partial charge in [-0.2, -0.15) is 5.10 Å². The van der Waals surface area contributed by atoms with E-state index in [4.69, 9.17) is 9.84 Å². The molecule has 39 heavy (non-hydrogen) atoms. The fourth-order valence-corrected chi connectivity index (χ4v) is 4.22. The number of H-pyrrole nitrogens is 1. The Morgan fingerprint density at radius 3 is 2.51 bits per heavy atom. The first-order chi connectivity index (χ1) is 18.9. The van der Waals surface area contributed by atoms with Crippen LogP contribution in [-0.2, 0) is 11.4 Å². The maximum atomic E-state index is 10.9. The Morgan fingerprint density at radius 1 is 1.03 bits per heavy atom. The summed E-state index contributed by atoms with van der Waals surface area (Å²) in [6, 6.07) is 19.8. The molecule has 0 amide bonds. The number of carboxylic acid groups (broad SMARTS) is 1. The number of allylic oxidation sites excluding steroid dienone is 4. The van der Waals surface area contributed by atoms with Crippen LogP contribution < -0.4 is 4.74 Å². The molecule has 0 fully saturated rings. The van der Waals surface area contributed by atoms with Gasteiger partial charge in [0.2, 0.25) is 0 Å². The largest absolute Gasteiger partial charge is 0.489 e. The third-order valence-corrected chi connectivity index (χ3v) is 6.22. The van der Waals surface area contributed by atoms with Gasteiger partial charge >= 0.3 is 5.97 Å². The third kappa shape index (κ3) is 7.29. The smallest absolute Gasteiger partial charge is 0.328 e. The Balaban J connectivity index is 1.73. The second kappa shape index (κ2) is 13.0. The minimum absolute atomic E-state index is 0.430. The lowest BCUT2D eigenvalue weighted by molar-refractivity contribution is -0.131. The van der Waals surface area contributed by atoms with Crippen molar-refractivity contribution in [2.75, 3.05) is 0 Å². The van der Waals surface area contributed by atoms with Crippen molar-refractivity contribution >= 4 is 29.3 Å². The van der Waals surface area contributed by atoms with Gasteiger partial charge in [-0.05, 0) is 82.7 Å². The second-order valence-corrected chi connectivity index (χ2v) is 9.00. The van der Waals surface area contributed by atoms with Gasteiger partial charge < -0.3 is 9.84 Å². The summed E-state index contributed by atoms with van der Waals surface area (Å²) in [5.41, 5.74) is 8.77. The number of ether oxygens (including phenoxy) is 1. The topological polar surface area (TPSA) is 88.1 Å². The summed E-state index contributed by atoms with van der Waals surface area (Å²) in [6.45, 7) is 8.98. The second-order valence-electron chi connectivity index (χ2n) is 9.00. The van der Waals surface area contributed by atoms with Crippen LogP contribution in [-0.4, -0.2) is 26.3 Å². The number of nitrogens with one attached hydrogen (secondary N) is 1. The van der Waals surface area contributed by atoms with Crippen LogP contribution in [0.5, 0.6) is 5.75 Å². The number of rotatable bonds is 11. The van der Waals surface area contributed by atoms with Crippen LogP contribution in [0.1, 0.15) is 46.9 Å². The van der Waals surface area contributed by atoms with Crippen LogP contribution >= 0.6 is 0 Å². The van der Waals surface area contributed by atoms with Crippen LogP contribution in [0.25, 0.3) is 23.3 Å². The molecule has 4 aromatic rings. The average molecular weight is 518 g/mol. The SMILES string of the molecule is C=C(/C=C\c1[nH]ncc1C)/C(=C(\CC)c1cccc(OCc2cccnc2)c1)c1ccc(/C=C/C(=O)O)cc1. The maximum absolute atomic E-state index is 10.9. The van der Waals surface area contributed by atoms with Gasteiger partial charge in [-0.25, -0.2) is 4.79 Å². The Labute approximate surface area is 228 Å². The molecule has 0 bridgehead atoms. The summed E-state index contributed by atoms with van der Waals surface area (Å²) in [4.78, 5) is 15.1. The highest BCUT2D eigenvalue weighted by Crippen LogP contribution is 2.36. The summed E-state index contributed by atoms with van der Waals surface area (Å²) >= 11 is 0. The number of aryl methyl sites for hydroxylation is 1. The van der Waals surface area contributed by atoms with Crippen LogP contribution in [0.2, 0.25) is 0 Å². The van der Waals surface area contributed by atoms with Gasteiger partial charge in [0.1, 0.15) is 12.4 Å². The van der Waals surface area contributed by atoms with Crippen molar-refractivity contribution in [1.29, 1.82) is 0 Å². The Kier molecular flexibility index (Phi) is 9.03. The predicted molar refractivity (Wildman–Crippen MR) is 157 cm³/mol. The molecule has 4 rings (SSSR count). The van der Waals surface area contributed by atoms with Gasteiger partial charge in [-0.1, -0.05) is 62.0 Å². The number of nitrogens with zero attached hydrogens (tertiary/aromatic N) is 2. The lowest BCUT2D eigenvalue weighted by Crippen LogP contribution is -1.98. The lowest BCUT2D eigenvalue weighted by atomic mass is 9.88. The van der Waals surface area contributed by atoms with Crippen molar-refractivity contribution in [3.05, 3.63) is 137 Å². The molecule has 0 saturated heterocycles. The van der Waals surface area contributed by atoms with E-state index in [-0.39, 0.29) is 0 Å². The van der Waals surface area contributed by atoms with E-state index in [1.165, 1.54) is 0 Å². The van der Waals surface area contributed by atoms with Crippen LogP contribution in [0.4, 0.5) is 0 Å². The number of aliphatic carboxylic acids is 1. The first-order valence-electron chi connectivity index (χ1n) is 12.7. The molecule has 6 heteroatoms. The normalized spacial score (nSPS) is 12.1. The van der Waals surface area contributed by atoms with E-state index in [1.807, 2.05) is 67.6 Å². The van der Waals surface area contributed by atoms with E-state index in [1.54, 1.807) is 24.7 Å². The Morgan fingerprint density at radius 2 is 1.85 bits per heavy atom. The fraction of sp³-hybridized carbons (Fsp3) is 0.121. The number of hydrogen-bond acceptors (Lipinski definition) is 4. The number of hydrogen-bond donors (Lipinski definition) is 2. The number of carbonyl (C=O) groups is 1. The van der Waals surface area contributed by atoms with Gasteiger partial charge in [0.25, 0.3) is 0 Å². The molecule has 0 spiro atoms. The van der Waals surface area contributed by atoms with Crippen molar-refractivity contribution in [1.82, 2.24) is 15.2 Å². The zero-order chi connectivity index (χ0) is 27.6. The highest BCUT2D eigenvalue weighted by atomic mass is 16.5. The predicted octanol–water partition coefficient (Wildman–Crippen LogP) is 7.38. The lowest BCUT2D eigenvalue weighted by Gasteiger charge is -2.17. The van der Waals surface area contributed by atoms with Crippen molar-refractivity contribution in [3.8, 4) is 5.75 Å². The summed E-state index contributed by atoms with van der Waals surface area (Å²) in [5, 5.41) is 16.1. The number of pyridine rings is 1. The molecule has 0 atom stereocenters. The summed E-state index contributed by atoms with van der Waals surface area (Å²) in [7, 11) is 0. The average Bonchev–Trinajstić information content (AvgIpc) is 3.37. The first kappa shape index (κ1) is 27.1. The van der Waals surface area contributed by atoms with Crippen LogP contribution in [0.3, 0.4) is 0 Å². The van der Waals surface area contributed by atoms with Gasteiger partial charge in [0, 0.05) is 24.0 Å². The van der Waals surface area contributed by atoms with Crippen molar-refractivity contribution in [2.24, 2.45) is 0 Å². The number of benzene rings is 2. The zero-order valence-corrected chi connectivity index (χ0v) is 22.1. The van der Waals surface area contributed by atoms with Crippen LogP contribution in [0, 0.1) is 6.92 Å². The zero-order valence-electron chi connectivity index (χ0n) is 22.1. The van der Waals surface area contributed by atoms with E-state index in [0.29, 0.717) is 6.61 Å². The molecule has 0 aliphatic rings. The highest BCUT2D eigenvalue weighted by molar-refractivity contribution is 6.00. The maximum Gasteiger partial charge on any atom is 0.328 e. The Bertz CT molecular complexity index is 1530. The summed E-state index contributed by atoms with van der Waals surface area (Å²) in [6.07, 6.45) is 12.8. The number of carboxylic acids is 1. The molecule has 0 unspecified atom stereocenters. The Hall–Kier alpha value is -4.97. The molecule has 196 valence electrons. The van der Waals surface area contributed by atoms with Gasteiger partial charge in [0.15, 0.2) is 0 Å². The highest BCUT2D eigenvalue weighted by Gasteiger charge is 2.14. The first-order valence-corrected chi connectivity index (χ1v) is 12.7. The molecule has 6 nitrogen and oxygen atoms in total. The summed E-state index contributed by atoms with van der Waals surface area (Å²) in [5.74, 6) is -0.212. The van der Waals surface area contributed by atoms with E-state index < -0.39 is 5.97 Å². The molecule has 2 N–H and O–H groups in total. The van der Waals surface area contributed by atoms with Crippen LogP contribution in [0.15, 0.2) is 104 Å². The minimum atomic E-state index is -0.980. The van der Waals surface area contributed by atoms with Gasteiger partial charge in [-0.3, -0.25) is 10.1 Å². The molecule has 0 aliphatic carbocycles. The quantitative estimate of drug-likeness (QED) is 0.123. The number of aromatic amines is 1. The minimum Gasteiger partial charge on any atom is -0.489 e. The molecule has 2 heterocycles. The van der Waals surface area contributed by atoms with E-state index in [2.05, 4.69) is 40.8 Å². The van der Waals surface area contributed by atoms with E-state index >= 15 is 0 Å². The standard InChI is InChI=1S/C33H31N3O3/c1-4-30(28-8-5-9-29(19-28)39-22-26-7-6-18-34-21-26)33(23(2)10-16-31-24(3)20-35-36-31)27-14-11-25(12-15-27)13-17-32(37)38/h5-21H,2,4,22H2,1,3H3,(H,35,36)(H,37,38)/b16-10-,17-13+,33-30-. The van der Waals surface area contributed by atoms with Gasteiger partial charge in [0.05, 0.1) is 11.9 Å².